The second-order valence-electron chi connectivity index (χ2n) is 4.77. The van der Waals surface area contributed by atoms with E-state index in [9.17, 15) is 8.78 Å². The highest BCUT2D eigenvalue weighted by molar-refractivity contribution is 5.64. The molecule has 106 valence electrons. The van der Waals surface area contributed by atoms with Crippen LogP contribution in [0.5, 0.6) is 0 Å². The van der Waals surface area contributed by atoms with Crippen molar-refractivity contribution in [1.29, 1.82) is 0 Å². The first kappa shape index (κ1) is 14.7. The van der Waals surface area contributed by atoms with Crippen molar-refractivity contribution < 1.29 is 8.78 Å². The molecule has 1 atom stereocenters. The zero-order valence-electron chi connectivity index (χ0n) is 11.8. The van der Waals surface area contributed by atoms with Gasteiger partial charge in [0.15, 0.2) is 11.6 Å². The van der Waals surface area contributed by atoms with Crippen molar-refractivity contribution in [3.8, 4) is 11.1 Å². The predicted octanol–water partition coefficient (Wildman–Crippen LogP) is 4.69. The lowest BCUT2D eigenvalue weighted by Gasteiger charge is -2.17. The maximum atomic E-state index is 13.3. The highest BCUT2D eigenvalue weighted by atomic mass is 19.2. The van der Waals surface area contributed by atoms with Gasteiger partial charge in [-0.05, 0) is 47.9 Å². The van der Waals surface area contributed by atoms with Crippen LogP contribution in [0.15, 0.2) is 42.5 Å². The Bertz CT molecular complexity index is 581. The van der Waals surface area contributed by atoms with Crippen LogP contribution in [0.1, 0.15) is 31.9 Å². The maximum Gasteiger partial charge on any atom is 0.159 e. The molecule has 1 N–H and O–H groups in total. The lowest BCUT2D eigenvalue weighted by atomic mass is 9.98. The topological polar surface area (TPSA) is 12.0 Å². The SMILES string of the molecule is CCNC(CC)c1cccc(-c2ccc(F)c(F)c2)c1. The van der Waals surface area contributed by atoms with Crippen LogP contribution in [0.2, 0.25) is 0 Å². The molecule has 0 heterocycles. The number of halogens is 2. The minimum atomic E-state index is -0.816. The van der Waals surface area contributed by atoms with Gasteiger partial charge in [-0.25, -0.2) is 8.78 Å². The molecule has 0 saturated heterocycles. The smallest absolute Gasteiger partial charge is 0.159 e. The van der Waals surface area contributed by atoms with E-state index in [2.05, 4.69) is 25.2 Å². The van der Waals surface area contributed by atoms with Gasteiger partial charge in [0.2, 0.25) is 0 Å². The van der Waals surface area contributed by atoms with E-state index in [-0.39, 0.29) is 6.04 Å². The van der Waals surface area contributed by atoms with Gasteiger partial charge < -0.3 is 5.32 Å². The summed E-state index contributed by atoms with van der Waals surface area (Å²) < 4.78 is 26.3. The Balaban J connectivity index is 2.35. The highest BCUT2D eigenvalue weighted by Crippen LogP contribution is 2.25. The van der Waals surface area contributed by atoms with Crippen LogP contribution in [-0.2, 0) is 0 Å². The molecule has 0 bridgehead atoms. The first-order chi connectivity index (χ1) is 9.65. The Hall–Kier alpha value is -1.74. The molecule has 0 aliphatic rings. The molecular weight excluding hydrogens is 256 g/mol. The van der Waals surface area contributed by atoms with Gasteiger partial charge in [-0.2, -0.15) is 0 Å². The van der Waals surface area contributed by atoms with Crippen molar-refractivity contribution in [3.05, 3.63) is 59.7 Å². The van der Waals surface area contributed by atoms with Gasteiger partial charge in [0.05, 0.1) is 0 Å². The Labute approximate surface area is 118 Å². The van der Waals surface area contributed by atoms with Crippen molar-refractivity contribution in [1.82, 2.24) is 5.32 Å². The number of nitrogens with one attached hydrogen (secondary N) is 1. The summed E-state index contributed by atoms with van der Waals surface area (Å²) in [5, 5.41) is 3.41. The fourth-order valence-corrected chi connectivity index (χ4v) is 2.35. The molecule has 0 radical (unpaired) electrons. The summed E-state index contributed by atoms with van der Waals surface area (Å²) in [7, 11) is 0. The molecule has 1 unspecified atom stereocenters. The normalized spacial score (nSPS) is 12.4. The fourth-order valence-electron chi connectivity index (χ4n) is 2.35. The minimum Gasteiger partial charge on any atom is -0.310 e. The van der Waals surface area contributed by atoms with Gasteiger partial charge in [-0.15, -0.1) is 0 Å². The van der Waals surface area contributed by atoms with E-state index in [0.29, 0.717) is 5.56 Å². The van der Waals surface area contributed by atoms with Gasteiger partial charge in [0, 0.05) is 6.04 Å². The summed E-state index contributed by atoms with van der Waals surface area (Å²) in [6.45, 7) is 5.09. The summed E-state index contributed by atoms with van der Waals surface area (Å²) >= 11 is 0. The molecule has 0 aromatic heterocycles. The van der Waals surface area contributed by atoms with Crippen molar-refractivity contribution in [2.75, 3.05) is 6.54 Å². The van der Waals surface area contributed by atoms with Gasteiger partial charge in [-0.1, -0.05) is 38.1 Å². The maximum absolute atomic E-state index is 13.3. The second-order valence-corrected chi connectivity index (χ2v) is 4.77. The van der Waals surface area contributed by atoms with Gasteiger partial charge in [0.1, 0.15) is 0 Å². The summed E-state index contributed by atoms with van der Waals surface area (Å²) in [5.74, 6) is -1.63. The molecule has 0 saturated carbocycles. The quantitative estimate of drug-likeness (QED) is 0.834. The van der Waals surface area contributed by atoms with Gasteiger partial charge >= 0.3 is 0 Å². The average Bonchev–Trinajstić information content (AvgIpc) is 2.47. The van der Waals surface area contributed by atoms with Crippen LogP contribution >= 0.6 is 0 Å². The molecule has 2 aromatic rings. The summed E-state index contributed by atoms with van der Waals surface area (Å²) in [5.41, 5.74) is 2.76. The molecule has 0 fully saturated rings. The number of benzene rings is 2. The van der Waals surface area contributed by atoms with Crippen molar-refractivity contribution in [2.24, 2.45) is 0 Å². The molecule has 3 heteroatoms. The van der Waals surface area contributed by atoms with E-state index in [1.54, 1.807) is 6.07 Å². The zero-order valence-corrected chi connectivity index (χ0v) is 11.8. The first-order valence-corrected chi connectivity index (χ1v) is 6.94. The van der Waals surface area contributed by atoms with Gasteiger partial charge in [0.25, 0.3) is 0 Å². The third-order valence-electron chi connectivity index (χ3n) is 3.40. The second kappa shape index (κ2) is 6.62. The molecule has 0 aliphatic carbocycles. The van der Waals surface area contributed by atoms with E-state index in [4.69, 9.17) is 0 Å². The molecule has 20 heavy (non-hydrogen) atoms. The number of hydrogen-bond acceptors (Lipinski definition) is 1. The average molecular weight is 275 g/mol. The van der Waals surface area contributed by atoms with E-state index in [1.165, 1.54) is 12.1 Å². The molecule has 0 amide bonds. The van der Waals surface area contributed by atoms with E-state index in [1.807, 2.05) is 18.2 Å². The Morgan fingerprint density at radius 3 is 2.35 bits per heavy atom. The summed E-state index contributed by atoms with van der Waals surface area (Å²) in [6.07, 6.45) is 0.981. The first-order valence-electron chi connectivity index (χ1n) is 6.94. The lowest BCUT2D eigenvalue weighted by molar-refractivity contribution is 0.509. The standard InChI is InChI=1S/C17H19F2N/c1-3-17(20-4-2)14-7-5-6-12(10-14)13-8-9-15(18)16(19)11-13/h5-11,17,20H,3-4H2,1-2H3. The van der Waals surface area contributed by atoms with Crippen LogP contribution in [0.4, 0.5) is 8.78 Å². The monoisotopic (exact) mass is 275 g/mol. The molecule has 2 aromatic carbocycles. The van der Waals surface area contributed by atoms with Gasteiger partial charge in [-0.3, -0.25) is 0 Å². The van der Waals surface area contributed by atoms with E-state index >= 15 is 0 Å². The number of rotatable bonds is 5. The Morgan fingerprint density at radius 2 is 1.70 bits per heavy atom. The largest absolute Gasteiger partial charge is 0.310 e. The molecule has 0 spiro atoms. The minimum absolute atomic E-state index is 0.283. The third kappa shape index (κ3) is 3.23. The molecule has 1 nitrogen and oxygen atoms in total. The van der Waals surface area contributed by atoms with Crippen LogP contribution < -0.4 is 5.32 Å². The van der Waals surface area contributed by atoms with E-state index in [0.717, 1.165) is 24.1 Å². The van der Waals surface area contributed by atoms with Crippen molar-refractivity contribution >= 4 is 0 Å². The molecule has 2 rings (SSSR count). The van der Waals surface area contributed by atoms with Crippen LogP contribution in [-0.4, -0.2) is 6.54 Å². The van der Waals surface area contributed by atoms with Crippen molar-refractivity contribution in [3.63, 3.8) is 0 Å². The molecular formula is C17H19F2N. The highest BCUT2D eigenvalue weighted by Gasteiger charge is 2.10. The Morgan fingerprint density at radius 1 is 0.950 bits per heavy atom. The fraction of sp³-hybridized carbons (Fsp3) is 0.294. The number of hydrogen-bond donors (Lipinski definition) is 1. The summed E-state index contributed by atoms with van der Waals surface area (Å²) in [6, 6.07) is 12.2. The van der Waals surface area contributed by atoms with E-state index < -0.39 is 11.6 Å². The third-order valence-corrected chi connectivity index (χ3v) is 3.40. The van der Waals surface area contributed by atoms with Crippen LogP contribution in [0.25, 0.3) is 11.1 Å². The molecule has 0 aliphatic heterocycles. The predicted molar refractivity (Wildman–Crippen MR) is 78.5 cm³/mol. The Kier molecular flexibility index (Phi) is 4.85. The lowest BCUT2D eigenvalue weighted by Crippen LogP contribution is -2.19. The van der Waals surface area contributed by atoms with Crippen LogP contribution in [0.3, 0.4) is 0 Å². The zero-order chi connectivity index (χ0) is 14.5. The van der Waals surface area contributed by atoms with Crippen LogP contribution in [0, 0.1) is 11.6 Å². The summed E-state index contributed by atoms with van der Waals surface area (Å²) in [4.78, 5) is 0. The van der Waals surface area contributed by atoms with Crippen molar-refractivity contribution in [2.45, 2.75) is 26.3 Å².